The zero-order chi connectivity index (χ0) is 15.8. The van der Waals surface area contributed by atoms with Gasteiger partial charge in [0, 0.05) is 10.3 Å². The summed E-state index contributed by atoms with van der Waals surface area (Å²) < 4.78 is 13.3. The molecule has 0 aliphatic heterocycles. The molecule has 0 spiro atoms. The van der Waals surface area contributed by atoms with Crippen LogP contribution in [0.4, 0.5) is 10.1 Å². The monoisotopic (exact) mass is 326 g/mol. The standard InChI is InChI=1S/C16H20ClFN2S/c1-9(19-13-8-11(18)6-7-12(13)17)14-10(2)20-15(21-14)16(3,4)5/h6-9,19H,1-5H3. The Morgan fingerprint density at radius 1 is 1.33 bits per heavy atom. The number of rotatable bonds is 3. The molecular weight excluding hydrogens is 307 g/mol. The first kappa shape index (κ1) is 16.2. The number of thiazole rings is 1. The minimum Gasteiger partial charge on any atom is -0.376 e. The summed E-state index contributed by atoms with van der Waals surface area (Å²) in [6, 6.07) is 4.36. The predicted molar refractivity (Wildman–Crippen MR) is 89.0 cm³/mol. The second-order valence-corrected chi connectivity index (χ2v) is 7.65. The second-order valence-electron chi connectivity index (χ2n) is 6.21. The van der Waals surface area contributed by atoms with Gasteiger partial charge in [0.15, 0.2) is 0 Å². The van der Waals surface area contributed by atoms with Crippen molar-refractivity contribution in [3.63, 3.8) is 0 Å². The van der Waals surface area contributed by atoms with Crippen LogP contribution in [-0.4, -0.2) is 4.98 Å². The molecule has 0 radical (unpaired) electrons. The molecule has 5 heteroatoms. The highest BCUT2D eigenvalue weighted by Crippen LogP contribution is 2.35. The van der Waals surface area contributed by atoms with Gasteiger partial charge in [-0.3, -0.25) is 0 Å². The molecule has 1 atom stereocenters. The summed E-state index contributed by atoms with van der Waals surface area (Å²) in [7, 11) is 0. The molecular formula is C16H20ClFN2S. The maximum atomic E-state index is 13.3. The molecule has 2 rings (SSSR count). The van der Waals surface area contributed by atoms with Crippen LogP contribution in [0.3, 0.4) is 0 Å². The van der Waals surface area contributed by atoms with Gasteiger partial charge in [0.2, 0.25) is 0 Å². The highest BCUT2D eigenvalue weighted by Gasteiger charge is 2.22. The van der Waals surface area contributed by atoms with Crippen LogP contribution in [0.2, 0.25) is 5.02 Å². The van der Waals surface area contributed by atoms with Gasteiger partial charge in [0.25, 0.3) is 0 Å². The molecule has 0 fully saturated rings. The van der Waals surface area contributed by atoms with E-state index in [1.165, 1.54) is 12.1 Å². The number of nitrogens with one attached hydrogen (secondary N) is 1. The number of benzene rings is 1. The number of hydrogen-bond donors (Lipinski definition) is 1. The van der Waals surface area contributed by atoms with Crippen LogP contribution in [0.25, 0.3) is 0 Å². The molecule has 1 N–H and O–H groups in total. The van der Waals surface area contributed by atoms with Gasteiger partial charge in [-0.25, -0.2) is 9.37 Å². The summed E-state index contributed by atoms with van der Waals surface area (Å²) in [4.78, 5) is 5.81. The van der Waals surface area contributed by atoms with Crippen molar-refractivity contribution >= 4 is 28.6 Å². The van der Waals surface area contributed by atoms with Crippen molar-refractivity contribution in [1.29, 1.82) is 0 Å². The molecule has 0 aliphatic rings. The molecule has 1 aromatic heterocycles. The zero-order valence-electron chi connectivity index (χ0n) is 12.9. The van der Waals surface area contributed by atoms with E-state index in [9.17, 15) is 4.39 Å². The molecule has 21 heavy (non-hydrogen) atoms. The Balaban J connectivity index is 2.26. The van der Waals surface area contributed by atoms with E-state index < -0.39 is 0 Å². The largest absolute Gasteiger partial charge is 0.376 e. The Bertz CT molecular complexity index is 646. The van der Waals surface area contributed by atoms with Gasteiger partial charge in [-0.15, -0.1) is 11.3 Å². The van der Waals surface area contributed by atoms with E-state index in [-0.39, 0.29) is 17.3 Å². The van der Waals surface area contributed by atoms with E-state index >= 15 is 0 Å². The average Bonchev–Trinajstić information content (AvgIpc) is 2.76. The normalized spacial score (nSPS) is 13.3. The van der Waals surface area contributed by atoms with Crippen LogP contribution in [-0.2, 0) is 5.41 Å². The Hall–Kier alpha value is -1.13. The Labute approximate surface area is 134 Å². The van der Waals surface area contributed by atoms with Crippen molar-refractivity contribution in [3.05, 3.63) is 44.6 Å². The molecule has 114 valence electrons. The topological polar surface area (TPSA) is 24.9 Å². The molecule has 1 aromatic carbocycles. The Morgan fingerprint density at radius 3 is 2.57 bits per heavy atom. The summed E-state index contributed by atoms with van der Waals surface area (Å²) in [6.07, 6.45) is 0. The molecule has 0 amide bonds. The summed E-state index contributed by atoms with van der Waals surface area (Å²) >= 11 is 7.80. The molecule has 2 aromatic rings. The third-order valence-corrected chi connectivity index (χ3v) is 5.26. The lowest BCUT2D eigenvalue weighted by Gasteiger charge is -2.16. The van der Waals surface area contributed by atoms with Crippen LogP contribution in [0, 0.1) is 12.7 Å². The van der Waals surface area contributed by atoms with Gasteiger partial charge in [-0.2, -0.15) is 0 Å². The van der Waals surface area contributed by atoms with Crippen LogP contribution in [0.1, 0.15) is 49.3 Å². The average molecular weight is 327 g/mol. The van der Waals surface area contributed by atoms with Crippen LogP contribution in [0.5, 0.6) is 0 Å². The van der Waals surface area contributed by atoms with E-state index in [1.54, 1.807) is 17.4 Å². The van der Waals surface area contributed by atoms with E-state index in [0.29, 0.717) is 10.7 Å². The van der Waals surface area contributed by atoms with Crippen molar-refractivity contribution in [2.45, 2.75) is 46.1 Å². The van der Waals surface area contributed by atoms with Crippen molar-refractivity contribution in [2.24, 2.45) is 0 Å². The number of aromatic nitrogens is 1. The molecule has 0 saturated carbocycles. The minimum absolute atomic E-state index is 0.0258. The lowest BCUT2D eigenvalue weighted by molar-refractivity contribution is 0.584. The zero-order valence-corrected chi connectivity index (χ0v) is 14.5. The van der Waals surface area contributed by atoms with Gasteiger partial charge in [-0.1, -0.05) is 32.4 Å². The Kier molecular flexibility index (Phi) is 4.59. The third kappa shape index (κ3) is 3.74. The highest BCUT2D eigenvalue weighted by molar-refractivity contribution is 7.12. The molecule has 2 nitrogen and oxygen atoms in total. The van der Waals surface area contributed by atoms with E-state index in [2.05, 4.69) is 31.1 Å². The quantitative estimate of drug-likeness (QED) is 0.780. The number of halogens is 2. The fourth-order valence-electron chi connectivity index (χ4n) is 2.04. The highest BCUT2D eigenvalue weighted by atomic mass is 35.5. The van der Waals surface area contributed by atoms with Gasteiger partial charge in [0.05, 0.1) is 27.5 Å². The summed E-state index contributed by atoms with van der Waals surface area (Å²) in [6.45, 7) is 10.5. The second kappa shape index (κ2) is 5.93. The van der Waals surface area contributed by atoms with E-state index in [4.69, 9.17) is 11.6 Å². The molecule has 0 bridgehead atoms. The van der Waals surface area contributed by atoms with Crippen LogP contribution < -0.4 is 5.32 Å². The first-order valence-corrected chi connectivity index (χ1v) is 8.07. The van der Waals surface area contributed by atoms with Crippen molar-refractivity contribution in [1.82, 2.24) is 4.98 Å². The van der Waals surface area contributed by atoms with E-state index in [1.807, 2.05) is 13.8 Å². The summed E-state index contributed by atoms with van der Waals surface area (Å²) in [5, 5.41) is 4.89. The number of anilines is 1. The van der Waals surface area contributed by atoms with Crippen molar-refractivity contribution in [2.75, 3.05) is 5.32 Å². The fourth-order valence-corrected chi connectivity index (χ4v) is 3.34. The van der Waals surface area contributed by atoms with Crippen LogP contribution in [0.15, 0.2) is 18.2 Å². The molecule has 1 heterocycles. The first-order valence-electron chi connectivity index (χ1n) is 6.88. The molecule has 1 unspecified atom stereocenters. The molecule has 0 saturated heterocycles. The summed E-state index contributed by atoms with van der Waals surface area (Å²) in [5.41, 5.74) is 1.65. The molecule has 0 aliphatic carbocycles. The smallest absolute Gasteiger partial charge is 0.125 e. The fraction of sp³-hybridized carbons (Fsp3) is 0.438. The van der Waals surface area contributed by atoms with Crippen LogP contribution >= 0.6 is 22.9 Å². The number of nitrogens with zero attached hydrogens (tertiary/aromatic N) is 1. The lowest BCUT2D eigenvalue weighted by atomic mass is 9.98. The SMILES string of the molecule is Cc1nc(C(C)(C)C)sc1C(C)Nc1cc(F)ccc1Cl. The third-order valence-electron chi connectivity index (χ3n) is 3.17. The van der Waals surface area contributed by atoms with Crippen molar-refractivity contribution < 1.29 is 4.39 Å². The first-order chi connectivity index (χ1) is 9.68. The van der Waals surface area contributed by atoms with Gasteiger partial charge >= 0.3 is 0 Å². The van der Waals surface area contributed by atoms with Gasteiger partial charge in [-0.05, 0) is 32.0 Å². The predicted octanol–water partition coefficient (Wildman–Crippen LogP) is 5.71. The number of hydrogen-bond acceptors (Lipinski definition) is 3. The number of aryl methyl sites for hydroxylation is 1. The van der Waals surface area contributed by atoms with Gasteiger partial charge in [0.1, 0.15) is 5.82 Å². The maximum Gasteiger partial charge on any atom is 0.125 e. The van der Waals surface area contributed by atoms with Crippen molar-refractivity contribution in [3.8, 4) is 0 Å². The lowest BCUT2D eigenvalue weighted by Crippen LogP contribution is -2.10. The Morgan fingerprint density at radius 2 is 2.00 bits per heavy atom. The van der Waals surface area contributed by atoms with E-state index in [0.717, 1.165) is 15.6 Å². The maximum absolute atomic E-state index is 13.3. The summed E-state index contributed by atoms with van der Waals surface area (Å²) in [5.74, 6) is -0.300. The van der Waals surface area contributed by atoms with Gasteiger partial charge < -0.3 is 5.32 Å². The minimum atomic E-state index is -0.300.